The highest BCUT2D eigenvalue weighted by Gasteiger charge is 2.38. The molecule has 11 heteroatoms. The van der Waals surface area contributed by atoms with Crippen LogP contribution in [0.25, 0.3) is 11.4 Å². The van der Waals surface area contributed by atoms with Crippen molar-refractivity contribution in [3.63, 3.8) is 0 Å². The molecular weight excluding hydrogens is 330 g/mol. The highest BCUT2D eigenvalue weighted by molar-refractivity contribution is 7.88. The molecular formula is C11H9F4N3O3S. The van der Waals surface area contributed by atoms with Crippen molar-refractivity contribution in [1.82, 2.24) is 14.9 Å². The lowest BCUT2D eigenvalue weighted by molar-refractivity contribution is -0.159. The zero-order valence-corrected chi connectivity index (χ0v) is 11.8. The predicted molar refractivity (Wildman–Crippen MR) is 66.4 cm³/mol. The van der Waals surface area contributed by atoms with Gasteiger partial charge in [0.2, 0.25) is 15.8 Å². The van der Waals surface area contributed by atoms with E-state index in [4.69, 9.17) is 0 Å². The highest BCUT2D eigenvalue weighted by Crippen LogP contribution is 2.30. The average molecular weight is 339 g/mol. The summed E-state index contributed by atoms with van der Waals surface area (Å²) in [6.45, 7) is -0.157. The number of benzene rings is 1. The number of sulfonamides is 1. The lowest BCUT2D eigenvalue weighted by Crippen LogP contribution is -2.21. The molecule has 6 nitrogen and oxygen atoms in total. The zero-order chi connectivity index (χ0) is 16.5. The first-order valence-electron chi connectivity index (χ1n) is 5.70. The quantitative estimate of drug-likeness (QED) is 0.861. The van der Waals surface area contributed by atoms with Gasteiger partial charge in [-0.2, -0.15) is 18.2 Å². The summed E-state index contributed by atoms with van der Waals surface area (Å²) in [7, 11) is -3.45. The Bertz CT molecular complexity index is 786. The Morgan fingerprint density at radius 3 is 2.50 bits per heavy atom. The van der Waals surface area contributed by atoms with E-state index in [1.165, 1.54) is 6.07 Å². The van der Waals surface area contributed by atoms with Gasteiger partial charge in [0.25, 0.3) is 0 Å². The van der Waals surface area contributed by atoms with Crippen LogP contribution in [0.1, 0.15) is 11.5 Å². The van der Waals surface area contributed by atoms with Crippen molar-refractivity contribution >= 4 is 10.0 Å². The molecule has 0 saturated heterocycles. The largest absolute Gasteiger partial charge is 0.471 e. The van der Waals surface area contributed by atoms with Crippen molar-refractivity contribution in [3.05, 3.63) is 35.5 Å². The molecule has 0 aliphatic rings. The summed E-state index contributed by atoms with van der Waals surface area (Å²) in [4.78, 5) is 3.07. The van der Waals surface area contributed by atoms with Crippen molar-refractivity contribution in [2.75, 3.05) is 6.26 Å². The van der Waals surface area contributed by atoms with Crippen molar-refractivity contribution in [3.8, 4) is 11.4 Å². The molecule has 0 aliphatic carbocycles. The molecule has 120 valence electrons. The monoisotopic (exact) mass is 339 g/mol. The first-order chi connectivity index (χ1) is 10.1. The molecule has 0 atom stereocenters. The van der Waals surface area contributed by atoms with Gasteiger partial charge in [-0.25, -0.2) is 17.5 Å². The first-order valence-corrected chi connectivity index (χ1v) is 7.60. The van der Waals surface area contributed by atoms with Crippen LogP contribution in [0, 0.1) is 5.82 Å². The fourth-order valence-electron chi connectivity index (χ4n) is 1.51. The van der Waals surface area contributed by atoms with Gasteiger partial charge in [0.05, 0.1) is 11.8 Å². The maximum Gasteiger partial charge on any atom is 0.471 e. The minimum atomic E-state index is -4.82. The van der Waals surface area contributed by atoms with Crippen LogP contribution in [-0.2, 0) is 22.7 Å². The van der Waals surface area contributed by atoms with Crippen LogP contribution < -0.4 is 4.72 Å². The molecule has 0 fully saturated rings. The lowest BCUT2D eigenvalue weighted by atomic mass is 10.1. The zero-order valence-electron chi connectivity index (χ0n) is 11.0. The van der Waals surface area contributed by atoms with Crippen LogP contribution >= 0.6 is 0 Å². The summed E-state index contributed by atoms with van der Waals surface area (Å²) in [5.74, 6) is -3.03. The summed E-state index contributed by atoms with van der Waals surface area (Å²) in [6.07, 6.45) is -3.88. The second-order valence-electron chi connectivity index (χ2n) is 4.33. The number of nitrogens with zero attached hydrogens (tertiary/aromatic N) is 2. The summed E-state index contributed by atoms with van der Waals surface area (Å²) < 4.78 is 78.9. The Morgan fingerprint density at radius 2 is 2.00 bits per heavy atom. The van der Waals surface area contributed by atoms with Crippen molar-refractivity contribution < 1.29 is 30.5 Å². The molecule has 1 aromatic carbocycles. The topological polar surface area (TPSA) is 85.1 Å². The Hall–Kier alpha value is -2.01. The highest BCUT2D eigenvalue weighted by atomic mass is 32.2. The second kappa shape index (κ2) is 5.65. The molecule has 1 aromatic heterocycles. The molecule has 0 aliphatic heterocycles. The number of hydrogen-bond donors (Lipinski definition) is 1. The standard InChI is InChI=1S/C11H9F4N3O3S/c1-22(19,20)16-5-6-2-3-7(8(12)4-6)9-17-10(21-18-9)11(13,14)15/h2-4,16H,5H2,1H3. The second-order valence-corrected chi connectivity index (χ2v) is 6.16. The number of aromatic nitrogens is 2. The fraction of sp³-hybridized carbons (Fsp3) is 0.273. The van der Waals surface area contributed by atoms with Gasteiger partial charge in [-0.3, -0.25) is 0 Å². The fourth-order valence-corrected chi connectivity index (χ4v) is 1.94. The van der Waals surface area contributed by atoms with E-state index in [0.29, 0.717) is 0 Å². The van der Waals surface area contributed by atoms with Gasteiger partial charge in [0.15, 0.2) is 0 Å². The van der Waals surface area contributed by atoms with Gasteiger partial charge in [0, 0.05) is 6.54 Å². The molecule has 0 spiro atoms. The summed E-state index contributed by atoms with van der Waals surface area (Å²) in [5.41, 5.74) is -0.00595. The summed E-state index contributed by atoms with van der Waals surface area (Å²) >= 11 is 0. The summed E-state index contributed by atoms with van der Waals surface area (Å²) in [6, 6.07) is 3.44. The molecule has 0 unspecified atom stereocenters. The average Bonchev–Trinajstić information content (AvgIpc) is 2.85. The van der Waals surface area contributed by atoms with E-state index in [-0.39, 0.29) is 17.7 Å². The Labute approximate surface area is 122 Å². The smallest absolute Gasteiger partial charge is 0.329 e. The van der Waals surface area contributed by atoms with E-state index >= 15 is 0 Å². The number of alkyl halides is 3. The third-order valence-corrected chi connectivity index (χ3v) is 3.15. The maximum atomic E-state index is 13.9. The van der Waals surface area contributed by atoms with Gasteiger partial charge in [0.1, 0.15) is 5.82 Å². The minimum absolute atomic E-state index is 0.157. The molecule has 0 bridgehead atoms. The van der Waals surface area contributed by atoms with Crippen LogP contribution in [-0.4, -0.2) is 24.8 Å². The minimum Gasteiger partial charge on any atom is -0.329 e. The van der Waals surface area contributed by atoms with Crippen LogP contribution in [0.5, 0.6) is 0 Å². The summed E-state index contributed by atoms with van der Waals surface area (Å²) in [5, 5.41) is 3.07. The van der Waals surface area contributed by atoms with Crippen LogP contribution in [0.2, 0.25) is 0 Å². The number of halogens is 4. The van der Waals surface area contributed by atoms with Gasteiger partial charge in [-0.15, -0.1) is 0 Å². The third-order valence-electron chi connectivity index (χ3n) is 2.48. The van der Waals surface area contributed by atoms with Crippen molar-refractivity contribution in [2.24, 2.45) is 0 Å². The van der Waals surface area contributed by atoms with Crippen molar-refractivity contribution in [1.29, 1.82) is 0 Å². The van der Waals surface area contributed by atoms with E-state index in [2.05, 4.69) is 19.4 Å². The molecule has 2 aromatic rings. The third kappa shape index (κ3) is 4.01. The van der Waals surface area contributed by atoms with Gasteiger partial charge >= 0.3 is 12.1 Å². The van der Waals surface area contributed by atoms with Crippen LogP contribution in [0.3, 0.4) is 0 Å². The molecule has 2 rings (SSSR count). The lowest BCUT2D eigenvalue weighted by Gasteiger charge is -2.04. The van der Waals surface area contributed by atoms with E-state index < -0.39 is 33.7 Å². The molecule has 1 heterocycles. The first kappa shape index (κ1) is 16.4. The SMILES string of the molecule is CS(=O)(=O)NCc1ccc(-c2noc(C(F)(F)F)n2)c(F)c1. The van der Waals surface area contributed by atoms with E-state index in [0.717, 1.165) is 18.4 Å². The van der Waals surface area contributed by atoms with Gasteiger partial charge in [-0.05, 0) is 17.7 Å². The molecule has 1 N–H and O–H groups in total. The van der Waals surface area contributed by atoms with E-state index in [9.17, 15) is 26.0 Å². The molecule has 0 radical (unpaired) electrons. The number of nitrogens with one attached hydrogen (secondary N) is 1. The Balaban J connectivity index is 2.25. The van der Waals surface area contributed by atoms with Gasteiger partial charge < -0.3 is 4.52 Å². The van der Waals surface area contributed by atoms with Crippen LogP contribution in [0.4, 0.5) is 17.6 Å². The number of rotatable bonds is 4. The Morgan fingerprint density at radius 1 is 1.32 bits per heavy atom. The predicted octanol–water partition coefficient (Wildman–Crippen LogP) is 1.94. The Kier molecular flexibility index (Phi) is 4.20. The van der Waals surface area contributed by atoms with E-state index in [1.807, 2.05) is 0 Å². The molecule has 22 heavy (non-hydrogen) atoms. The number of hydrogen-bond acceptors (Lipinski definition) is 5. The van der Waals surface area contributed by atoms with E-state index in [1.54, 1.807) is 0 Å². The maximum absolute atomic E-state index is 13.9. The van der Waals surface area contributed by atoms with Gasteiger partial charge in [-0.1, -0.05) is 11.2 Å². The molecule has 0 amide bonds. The normalized spacial score (nSPS) is 12.6. The molecule has 0 saturated carbocycles. The van der Waals surface area contributed by atoms with Crippen LogP contribution in [0.15, 0.2) is 22.7 Å². The van der Waals surface area contributed by atoms with Crippen molar-refractivity contribution in [2.45, 2.75) is 12.7 Å².